The number of hydrogen-bond donors (Lipinski definition) is 1. The number of fused-ring (bicyclic) bond motifs is 1. The van der Waals surface area contributed by atoms with E-state index in [1.165, 1.54) is 11.6 Å². The standard InChI is InChI=1S/C20H22N2O5S/c1-28(26,27)22(18-8-4-5-15(11-18)12-20(24)25)14-19(23)21-10-9-16-6-2-3-7-17(16)13-21/h2-8,11H,9-10,12-14H2,1H3,(H,24,25). The lowest BCUT2D eigenvalue weighted by Crippen LogP contribution is -2.44. The smallest absolute Gasteiger partial charge is 0.307 e. The maximum Gasteiger partial charge on any atom is 0.307 e. The van der Waals surface area contributed by atoms with Crippen LogP contribution in [0.15, 0.2) is 48.5 Å². The molecule has 2 aromatic rings. The van der Waals surface area contributed by atoms with Gasteiger partial charge in [0.15, 0.2) is 0 Å². The molecule has 1 aliphatic rings. The molecule has 0 radical (unpaired) electrons. The minimum Gasteiger partial charge on any atom is -0.481 e. The van der Waals surface area contributed by atoms with Crippen LogP contribution in [0.2, 0.25) is 0 Å². The van der Waals surface area contributed by atoms with Crippen LogP contribution in [-0.4, -0.2) is 49.6 Å². The highest BCUT2D eigenvalue weighted by Gasteiger charge is 2.26. The number of carbonyl (C=O) groups excluding carboxylic acids is 1. The number of carboxylic acid groups (broad SMARTS) is 1. The molecule has 0 unspecified atom stereocenters. The predicted octanol–water partition coefficient (Wildman–Crippen LogP) is 1.66. The zero-order valence-corrected chi connectivity index (χ0v) is 16.4. The molecule has 148 valence electrons. The van der Waals surface area contributed by atoms with Gasteiger partial charge >= 0.3 is 5.97 Å². The number of rotatable bonds is 6. The first-order valence-corrected chi connectivity index (χ1v) is 10.7. The van der Waals surface area contributed by atoms with E-state index >= 15 is 0 Å². The van der Waals surface area contributed by atoms with Crippen molar-refractivity contribution < 1.29 is 23.1 Å². The molecule has 0 atom stereocenters. The van der Waals surface area contributed by atoms with Gasteiger partial charge in [0.05, 0.1) is 18.4 Å². The summed E-state index contributed by atoms with van der Waals surface area (Å²) in [4.78, 5) is 25.4. The first kappa shape index (κ1) is 19.9. The molecule has 28 heavy (non-hydrogen) atoms. The molecule has 0 saturated carbocycles. The van der Waals surface area contributed by atoms with Gasteiger partial charge in [-0.3, -0.25) is 13.9 Å². The molecule has 8 heteroatoms. The largest absolute Gasteiger partial charge is 0.481 e. The van der Waals surface area contributed by atoms with Crippen molar-refractivity contribution in [3.63, 3.8) is 0 Å². The predicted molar refractivity (Wildman–Crippen MR) is 106 cm³/mol. The fraction of sp³-hybridized carbons (Fsp3) is 0.300. The Kier molecular flexibility index (Phi) is 5.69. The Bertz CT molecular complexity index is 1000. The zero-order chi connectivity index (χ0) is 20.3. The number of amides is 1. The van der Waals surface area contributed by atoms with E-state index in [9.17, 15) is 18.0 Å². The number of carbonyl (C=O) groups is 2. The van der Waals surface area contributed by atoms with Gasteiger partial charge in [-0.25, -0.2) is 8.42 Å². The van der Waals surface area contributed by atoms with Crippen molar-refractivity contribution in [2.75, 3.05) is 23.7 Å². The first-order valence-electron chi connectivity index (χ1n) is 8.87. The molecule has 0 spiro atoms. The second-order valence-electron chi connectivity index (χ2n) is 6.84. The highest BCUT2D eigenvalue weighted by molar-refractivity contribution is 7.92. The third-order valence-electron chi connectivity index (χ3n) is 4.72. The summed E-state index contributed by atoms with van der Waals surface area (Å²) in [5.41, 5.74) is 3.02. The molecular weight excluding hydrogens is 380 g/mol. The number of anilines is 1. The number of aliphatic carboxylic acids is 1. The van der Waals surface area contributed by atoms with Crippen molar-refractivity contribution in [2.24, 2.45) is 0 Å². The van der Waals surface area contributed by atoms with E-state index in [0.29, 0.717) is 18.7 Å². The van der Waals surface area contributed by atoms with Crippen LogP contribution in [0.4, 0.5) is 5.69 Å². The number of nitrogens with zero attached hydrogens (tertiary/aromatic N) is 2. The summed E-state index contributed by atoms with van der Waals surface area (Å²) in [7, 11) is -3.72. The lowest BCUT2D eigenvalue weighted by atomic mass is 10.00. The van der Waals surface area contributed by atoms with Crippen LogP contribution in [0.1, 0.15) is 16.7 Å². The first-order chi connectivity index (χ1) is 13.2. The summed E-state index contributed by atoms with van der Waals surface area (Å²) in [5.74, 6) is -1.30. The van der Waals surface area contributed by atoms with E-state index < -0.39 is 16.0 Å². The van der Waals surface area contributed by atoms with Crippen LogP contribution in [-0.2, 0) is 39.0 Å². The molecule has 2 aromatic carbocycles. The Labute approximate surface area is 164 Å². The number of hydrogen-bond acceptors (Lipinski definition) is 4. The topological polar surface area (TPSA) is 95.0 Å². The van der Waals surface area contributed by atoms with Gasteiger partial charge in [-0.1, -0.05) is 36.4 Å². The molecule has 0 aromatic heterocycles. The number of carboxylic acids is 1. The van der Waals surface area contributed by atoms with Crippen LogP contribution in [0.5, 0.6) is 0 Å². The van der Waals surface area contributed by atoms with E-state index in [1.807, 2.05) is 24.3 Å². The van der Waals surface area contributed by atoms with E-state index in [4.69, 9.17) is 5.11 Å². The summed E-state index contributed by atoms with van der Waals surface area (Å²) < 4.78 is 25.7. The minimum absolute atomic E-state index is 0.220. The van der Waals surface area contributed by atoms with Crippen molar-refractivity contribution in [3.8, 4) is 0 Å². The van der Waals surface area contributed by atoms with Crippen LogP contribution in [0.3, 0.4) is 0 Å². The summed E-state index contributed by atoms with van der Waals surface area (Å²) in [6.45, 7) is 0.662. The van der Waals surface area contributed by atoms with Gasteiger partial charge < -0.3 is 10.0 Å². The highest BCUT2D eigenvalue weighted by Crippen LogP contribution is 2.22. The summed E-state index contributed by atoms with van der Waals surface area (Å²) in [6.07, 6.45) is 1.55. The molecule has 1 heterocycles. The molecule has 0 aliphatic carbocycles. The minimum atomic E-state index is -3.72. The third-order valence-corrected chi connectivity index (χ3v) is 5.86. The van der Waals surface area contributed by atoms with E-state index in [0.717, 1.165) is 22.5 Å². The molecule has 3 rings (SSSR count). The average Bonchev–Trinajstić information content (AvgIpc) is 2.64. The molecule has 0 fully saturated rings. The average molecular weight is 402 g/mol. The molecule has 1 N–H and O–H groups in total. The van der Waals surface area contributed by atoms with Gasteiger partial charge in [0.25, 0.3) is 0 Å². The van der Waals surface area contributed by atoms with Crippen molar-refractivity contribution in [1.82, 2.24) is 4.90 Å². The molecule has 0 saturated heterocycles. The van der Waals surface area contributed by atoms with Crippen LogP contribution in [0, 0.1) is 0 Å². The van der Waals surface area contributed by atoms with Gasteiger partial charge in [0.1, 0.15) is 6.54 Å². The van der Waals surface area contributed by atoms with Crippen molar-refractivity contribution in [1.29, 1.82) is 0 Å². The lowest BCUT2D eigenvalue weighted by molar-refractivity contribution is -0.136. The molecule has 1 amide bonds. The second-order valence-corrected chi connectivity index (χ2v) is 8.75. The SMILES string of the molecule is CS(=O)(=O)N(CC(=O)N1CCc2ccccc2C1)c1cccc(CC(=O)O)c1. The fourth-order valence-electron chi connectivity index (χ4n) is 3.33. The Morgan fingerprint density at radius 3 is 2.50 bits per heavy atom. The zero-order valence-electron chi connectivity index (χ0n) is 15.5. The van der Waals surface area contributed by atoms with Gasteiger partial charge in [-0.2, -0.15) is 0 Å². The monoisotopic (exact) mass is 402 g/mol. The Balaban J connectivity index is 1.80. The summed E-state index contributed by atoms with van der Waals surface area (Å²) in [5, 5.41) is 8.96. The quantitative estimate of drug-likeness (QED) is 0.793. The van der Waals surface area contributed by atoms with Crippen molar-refractivity contribution in [3.05, 3.63) is 65.2 Å². The third kappa shape index (κ3) is 4.69. The fourth-order valence-corrected chi connectivity index (χ4v) is 4.17. The molecule has 0 bridgehead atoms. The van der Waals surface area contributed by atoms with Crippen molar-refractivity contribution in [2.45, 2.75) is 19.4 Å². The highest BCUT2D eigenvalue weighted by atomic mass is 32.2. The molecule has 7 nitrogen and oxygen atoms in total. The van der Waals surface area contributed by atoms with Gasteiger partial charge in [0, 0.05) is 13.1 Å². The Morgan fingerprint density at radius 2 is 1.82 bits per heavy atom. The molecular formula is C20H22N2O5S. The van der Waals surface area contributed by atoms with E-state index in [1.54, 1.807) is 23.1 Å². The second kappa shape index (κ2) is 8.02. The normalized spacial score (nSPS) is 13.7. The number of sulfonamides is 1. The Hall–Kier alpha value is -2.87. The lowest BCUT2D eigenvalue weighted by Gasteiger charge is -2.31. The van der Waals surface area contributed by atoms with Crippen LogP contribution >= 0.6 is 0 Å². The van der Waals surface area contributed by atoms with Gasteiger partial charge in [-0.05, 0) is 35.2 Å². The van der Waals surface area contributed by atoms with E-state index in [2.05, 4.69) is 0 Å². The van der Waals surface area contributed by atoms with Gasteiger partial charge in [-0.15, -0.1) is 0 Å². The van der Waals surface area contributed by atoms with Crippen molar-refractivity contribution >= 4 is 27.6 Å². The Morgan fingerprint density at radius 1 is 1.11 bits per heavy atom. The maximum absolute atomic E-state index is 12.8. The van der Waals surface area contributed by atoms with Crippen LogP contribution < -0.4 is 4.31 Å². The van der Waals surface area contributed by atoms with Crippen LogP contribution in [0.25, 0.3) is 0 Å². The number of benzene rings is 2. The maximum atomic E-state index is 12.8. The van der Waals surface area contributed by atoms with Gasteiger partial charge in [0.2, 0.25) is 15.9 Å². The molecule has 1 aliphatic heterocycles. The van der Waals surface area contributed by atoms with E-state index in [-0.39, 0.29) is 24.6 Å². The summed E-state index contributed by atoms with van der Waals surface area (Å²) >= 11 is 0. The summed E-state index contributed by atoms with van der Waals surface area (Å²) in [6, 6.07) is 14.1.